The van der Waals surface area contributed by atoms with E-state index in [9.17, 15) is 0 Å². The van der Waals surface area contributed by atoms with Crippen molar-refractivity contribution in [2.45, 2.75) is 38.5 Å². The van der Waals surface area contributed by atoms with E-state index in [0.29, 0.717) is 0 Å². The maximum Gasteiger partial charge on any atom is -0.0172 e. The predicted octanol–water partition coefficient (Wildman–Crippen LogP) is 13.7. The topological polar surface area (TPSA) is 0 Å². The van der Waals surface area contributed by atoms with Gasteiger partial charge in [0.2, 0.25) is 0 Å². The summed E-state index contributed by atoms with van der Waals surface area (Å²) in [5, 5.41) is 0. The Bertz CT molecular complexity index is 2070. The number of benzene rings is 8. The molecule has 27 aliphatic rings. The molecule has 0 aliphatic heterocycles. The summed E-state index contributed by atoms with van der Waals surface area (Å²) in [6.45, 7) is 0. The average molecular weight is 691 g/mol. The number of hydrogen-bond donors (Lipinski definition) is 0. The van der Waals surface area contributed by atoms with Gasteiger partial charge in [-0.1, -0.05) is 146 Å². The minimum Gasteiger partial charge on any atom is -0.0584 e. The number of rotatable bonds is 0. The van der Waals surface area contributed by atoms with Gasteiger partial charge in [-0.25, -0.2) is 0 Å². The van der Waals surface area contributed by atoms with Gasteiger partial charge in [0.25, 0.3) is 0 Å². The SMILES string of the molecule is c1cc2ccc1CCc1ccc(cc1)-c1cc3cc(c1)-c1ccc(cc1)CCc1ccc(cc1)-c1cc-2cc(c1)-c1ccc(cc1)CCc1ccc-3cc1. The lowest BCUT2D eigenvalue weighted by Crippen LogP contribution is -1.94. The van der Waals surface area contributed by atoms with Crippen LogP contribution >= 0.6 is 0 Å². The maximum atomic E-state index is 2.37. The van der Waals surface area contributed by atoms with Crippen molar-refractivity contribution in [1.82, 2.24) is 0 Å². The van der Waals surface area contributed by atoms with Crippen LogP contribution in [0, 0.1) is 0 Å². The molecule has 54 heavy (non-hydrogen) atoms. The van der Waals surface area contributed by atoms with E-state index in [-0.39, 0.29) is 0 Å². The van der Waals surface area contributed by atoms with Crippen LogP contribution in [0.15, 0.2) is 182 Å². The van der Waals surface area contributed by atoms with Gasteiger partial charge >= 0.3 is 0 Å². The van der Waals surface area contributed by atoms with Gasteiger partial charge in [-0.15, -0.1) is 0 Å². The Morgan fingerprint density at radius 3 is 0.407 bits per heavy atom. The highest BCUT2D eigenvalue weighted by atomic mass is 14.2. The van der Waals surface area contributed by atoms with Crippen molar-refractivity contribution < 1.29 is 0 Å². The minimum atomic E-state index is 1.01. The van der Waals surface area contributed by atoms with Gasteiger partial charge in [0.15, 0.2) is 0 Å². The summed E-state index contributed by atoms with van der Waals surface area (Å²) in [5.74, 6) is 0. The van der Waals surface area contributed by atoms with E-state index in [1.165, 1.54) is 100 Å². The fourth-order valence-corrected chi connectivity index (χ4v) is 8.30. The van der Waals surface area contributed by atoms with E-state index in [0.717, 1.165) is 38.5 Å². The smallest absolute Gasteiger partial charge is 0.0172 e. The first-order valence-corrected chi connectivity index (χ1v) is 19.5. The molecule has 27 aliphatic carbocycles. The fraction of sp³-hybridized carbons (Fsp3) is 0.111. The Morgan fingerprint density at radius 1 is 0.148 bits per heavy atom. The molecule has 0 aromatic heterocycles. The molecule has 0 nitrogen and oxygen atoms in total. The normalized spacial score (nSPS) is 13.1. The van der Waals surface area contributed by atoms with E-state index < -0.39 is 0 Å². The van der Waals surface area contributed by atoms with Gasteiger partial charge in [-0.05, 0) is 175 Å². The molecule has 35 rings (SSSR count). The molecule has 0 saturated heterocycles. The molecule has 0 N–H and O–H groups in total. The number of aryl methyl sites for hydroxylation is 6. The molecule has 0 heterocycles. The second-order valence-corrected chi connectivity index (χ2v) is 15.3. The zero-order valence-corrected chi connectivity index (χ0v) is 30.6. The summed E-state index contributed by atoms with van der Waals surface area (Å²) in [5.41, 5.74) is 23.2. The summed E-state index contributed by atoms with van der Waals surface area (Å²) >= 11 is 0. The van der Waals surface area contributed by atoms with Gasteiger partial charge in [-0.3, -0.25) is 0 Å². The molecule has 0 radical (unpaired) electrons. The van der Waals surface area contributed by atoms with Crippen LogP contribution in [0.4, 0.5) is 0 Å². The fourth-order valence-electron chi connectivity index (χ4n) is 8.30. The van der Waals surface area contributed by atoms with E-state index >= 15 is 0 Å². The first-order chi connectivity index (χ1) is 26.6. The Morgan fingerprint density at radius 2 is 0.278 bits per heavy atom. The van der Waals surface area contributed by atoms with Crippen molar-refractivity contribution >= 4 is 0 Å². The number of hydrogen-bond acceptors (Lipinski definition) is 0. The highest BCUT2D eigenvalue weighted by Gasteiger charge is 2.12. The zero-order chi connectivity index (χ0) is 35.8. The molecule has 0 heteroatoms. The van der Waals surface area contributed by atoms with E-state index in [1.807, 2.05) is 0 Å². The van der Waals surface area contributed by atoms with Crippen molar-refractivity contribution in [2.24, 2.45) is 0 Å². The molecular formula is C54H42. The quantitative estimate of drug-likeness (QED) is 0.149. The zero-order valence-electron chi connectivity index (χ0n) is 30.6. The summed E-state index contributed by atoms with van der Waals surface area (Å²) in [7, 11) is 0. The highest BCUT2D eigenvalue weighted by molar-refractivity contribution is 5.83. The summed E-state index contributed by atoms with van der Waals surface area (Å²) < 4.78 is 0. The Balaban J connectivity index is 1.15. The molecule has 0 saturated carbocycles. The third-order valence-electron chi connectivity index (χ3n) is 11.7. The van der Waals surface area contributed by atoms with Crippen LogP contribution in [-0.4, -0.2) is 0 Å². The lowest BCUT2D eigenvalue weighted by atomic mass is 9.90. The molecular weight excluding hydrogens is 649 g/mol. The van der Waals surface area contributed by atoms with Gasteiger partial charge in [-0.2, -0.15) is 0 Å². The maximum absolute atomic E-state index is 2.37. The van der Waals surface area contributed by atoms with Gasteiger partial charge in [0.05, 0.1) is 0 Å². The van der Waals surface area contributed by atoms with Crippen LogP contribution in [0.5, 0.6) is 0 Å². The molecule has 0 unspecified atom stereocenters. The molecule has 0 fully saturated rings. The van der Waals surface area contributed by atoms with Crippen molar-refractivity contribution in [3.63, 3.8) is 0 Å². The molecule has 18 bridgehead atoms. The van der Waals surface area contributed by atoms with Crippen LogP contribution in [-0.2, 0) is 38.5 Å². The third kappa shape index (κ3) is 6.72. The molecule has 0 atom stereocenters. The van der Waals surface area contributed by atoms with Crippen LogP contribution < -0.4 is 0 Å². The molecule has 258 valence electrons. The Kier molecular flexibility index (Phi) is 8.38. The van der Waals surface area contributed by atoms with Crippen molar-refractivity contribution in [2.75, 3.05) is 0 Å². The van der Waals surface area contributed by atoms with Crippen LogP contribution in [0.3, 0.4) is 0 Å². The van der Waals surface area contributed by atoms with E-state index in [2.05, 4.69) is 182 Å². The van der Waals surface area contributed by atoms with Crippen molar-refractivity contribution in [3.05, 3.63) is 215 Å². The molecule has 0 spiro atoms. The summed E-state index contributed by atoms with van der Waals surface area (Å²) in [4.78, 5) is 0. The monoisotopic (exact) mass is 690 g/mol. The molecule has 8 aromatic carbocycles. The van der Waals surface area contributed by atoms with E-state index in [4.69, 9.17) is 0 Å². The highest BCUT2D eigenvalue weighted by Crippen LogP contribution is 2.36. The van der Waals surface area contributed by atoms with Gasteiger partial charge < -0.3 is 0 Å². The minimum absolute atomic E-state index is 1.01. The molecule has 8 aromatic rings. The summed E-state index contributed by atoms with van der Waals surface area (Å²) in [6, 6.07) is 69.8. The van der Waals surface area contributed by atoms with Crippen molar-refractivity contribution in [3.8, 4) is 66.8 Å². The van der Waals surface area contributed by atoms with Crippen molar-refractivity contribution in [1.29, 1.82) is 0 Å². The first-order valence-electron chi connectivity index (χ1n) is 19.5. The lowest BCUT2D eigenvalue weighted by molar-refractivity contribution is 0.960. The van der Waals surface area contributed by atoms with Crippen LogP contribution in [0.2, 0.25) is 0 Å². The van der Waals surface area contributed by atoms with Crippen LogP contribution in [0.1, 0.15) is 33.4 Å². The molecule has 0 amide bonds. The van der Waals surface area contributed by atoms with E-state index in [1.54, 1.807) is 0 Å². The third-order valence-corrected chi connectivity index (χ3v) is 11.7. The summed E-state index contributed by atoms with van der Waals surface area (Å²) in [6.07, 6.45) is 6.05. The Labute approximate surface area is 319 Å². The Hall–Kier alpha value is -6.24. The second-order valence-electron chi connectivity index (χ2n) is 15.3. The average Bonchev–Trinajstić information content (AvgIpc) is 3.24. The van der Waals surface area contributed by atoms with Crippen LogP contribution in [0.25, 0.3) is 66.8 Å². The van der Waals surface area contributed by atoms with Gasteiger partial charge in [0, 0.05) is 0 Å². The standard InChI is InChI=1S/C54H42/c1-2-38-9-21-44(22-10-38)50-33-53-36-54(34-50)48-29-17-42(18-30-48)6-4-40-13-25-46(26-14-40)52-32-49(43-19-7-37(1)8-20-43)31-51(35-52)45-23-11-39(12-24-45)3-5-41-15-27-47(53)28-16-41/h7-36H,1-6H2. The predicted molar refractivity (Wildman–Crippen MR) is 228 cm³/mol. The van der Waals surface area contributed by atoms with Gasteiger partial charge in [0.1, 0.15) is 0 Å². The largest absolute Gasteiger partial charge is 0.0584 e. The first kappa shape index (κ1) is 32.4. The lowest BCUT2D eigenvalue weighted by Gasteiger charge is -2.14. The second kappa shape index (κ2) is 14.0.